The van der Waals surface area contributed by atoms with E-state index in [0.717, 1.165) is 5.69 Å². The van der Waals surface area contributed by atoms with Gasteiger partial charge in [0.25, 0.3) is 0 Å². The van der Waals surface area contributed by atoms with Crippen LogP contribution < -0.4 is 5.73 Å². The van der Waals surface area contributed by atoms with E-state index in [1.165, 1.54) is 34.1 Å². The molecule has 0 unspecified atom stereocenters. The van der Waals surface area contributed by atoms with Crippen molar-refractivity contribution in [2.24, 2.45) is 0 Å². The van der Waals surface area contributed by atoms with E-state index in [2.05, 4.69) is 43.7 Å². The van der Waals surface area contributed by atoms with Crippen LogP contribution in [0.3, 0.4) is 0 Å². The van der Waals surface area contributed by atoms with Gasteiger partial charge in [0, 0.05) is 11.6 Å². The van der Waals surface area contributed by atoms with Crippen molar-refractivity contribution in [2.75, 3.05) is 5.73 Å². The number of hydrogen-bond donors (Lipinski definition) is 1. The lowest BCUT2D eigenvalue weighted by molar-refractivity contribution is 1.16. The van der Waals surface area contributed by atoms with Crippen LogP contribution in [-0.2, 0) is 0 Å². The summed E-state index contributed by atoms with van der Waals surface area (Å²) in [7, 11) is 0. The Bertz CT molecular complexity index is 548. The van der Waals surface area contributed by atoms with E-state index in [1.54, 1.807) is 0 Å². The molecule has 2 rings (SSSR count). The van der Waals surface area contributed by atoms with Crippen molar-refractivity contribution in [1.82, 2.24) is 9.97 Å². The molecule has 1 aromatic heterocycles. The first-order valence-corrected chi connectivity index (χ1v) is 5.66. The highest BCUT2D eigenvalue weighted by Gasteiger charge is 2.11. The van der Waals surface area contributed by atoms with Crippen molar-refractivity contribution in [1.29, 1.82) is 0 Å². The topological polar surface area (TPSA) is 51.8 Å². The molecule has 3 nitrogen and oxygen atoms in total. The van der Waals surface area contributed by atoms with Crippen LogP contribution in [-0.4, -0.2) is 9.97 Å². The van der Waals surface area contributed by atoms with Gasteiger partial charge in [0.2, 0.25) is 0 Å². The van der Waals surface area contributed by atoms with E-state index >= 15 is 0 Å². The Morgan fingerprint density at radius 2 is 1.47 bits per heavy atom. The number of aromatic nitrogens is 2. The largest absolute Gasteiger partial charge is 0.384 e. The molecule has 0 aliphatic rings. The maximum Gasteiger partial charge on any atom is 0.127 e. The predicted octanol–water partition coefficient (Wildman–Crippen LogP) is 2.96. The van der Waals surface area contributed by atoms with Gasteiger partial charge in [-0.3, -0.25) is 0 Å². The lowest BCUT2D eigenvalue weighted by atomic mass is 9.92. The van der Waals surface area contributed by atoms with Gasteiger partial charge in [-0.1, -0.05) is 6.07 Å². The van der Waals surface area contributed by atoms with E-state index in [0.29, 0.717) is 5.82 Å². The molecule has 0 atom stereocenters. The fourth-order valence-electron chi connectivity index (χ4n) is 2.11. The summed E-state index contributed by atoms with van der Waals surface area (Å²) in [6, 6.07) is 4.03. The molecular weight excluding hydrogens is 210 g/mol. The van der Waals surface area contributed by atoms with Gasteiger partial charge in [-0.05, 0) is 49.9 Å². The number of anilines is 1. The number of aryl methyl sites for hydroxylation is 2. The molecule has 88 valence electrons. The Balaban J connectivity index is 2.75. The number of hydrogen-bond acceptors (Lipinski definition) is 3. The molecular formula is C14H17N3. The van der Waals surface area contributed by atoms with Gasteiger partial charge in [-0.2, -0.15) is 0 Å². The van der Waals surface area contributed by atoms with Gasteiger partial charge in [-0.25, -0.2) is 9.97 Å². The first-order valence-electron chi connectivity index (χ1n) is 5.66. The summed E-state index contributed by atoms with van der Waals surface area (Å²) >= 11 is 0. The molecule has 17 heavy (non-hydrogen) atoms. The van der Waals surface area contributed by atoms with E-state index in [-0.39, 0.29) is 0 Å². The summed E-state index contributed by atoms with van der Waals surface area (Å²) in [5, 5.41) is 0. The average Bonchev–Trinajstić information content (AvgIpc) is 2.27. The van der Waals surface area contributed by atoms with E-state index < -0.39 is 0 Å². The standard InChI is InChI=1S/C14H17N3/c1-8-5-9(2)11(4)14(10(8)3)12-6-13(15)17-7-16-12/h5-7H,1-4H3,(H2,15,16,17). The smallest absolute Gasteiger partial charge is 0.127 e. The zero-order chi connectivity index (χ0) is 12.6. The van der Waals surface area contributed by atoms with Crippen molar-refractivity contribution in [3.8, 4) is 11.3 Å². The number of benzene rings is 1. The molecule has 1 aromatic carbocycles. The van der Waals surface area contributed by atoms with Gasteiger partial charge < -0.3 is 5.73 Å². The van der Waals surface area contributed by atoms with E-state index in [1.807, 2.05) is 6.07 Å². The molecule has 1 heterocycles. The summed E-state index contributed by atoms with van der Waals surface area (Å²) in [4.78, 5) is 8.26. The van der Waals surface area contributed by atoms with Crippen molar-refractivity contribution >= 4 is 5.82 Å². The Morgan fingerprint density at radius 3 is 2.00 bits per heavy atom. The van der Waals surface area contributed by atoms with Crippen molar-refractivity contribution in [3.05, 3.63) is 40.7 Å². The first kappa shape index (κ1) is 11.6. The van der Waals surface area contributed by atoms with Gasteiger partial charge >= 0.3 is 0 Å². The first-order chi connectivity index (χ1) is 8.00. The quantitative estimate of drug-likeness (QED) is 0.814. The minimum Gasteiger partial charge on any atom is -0.384 e. The van der Waals surface area contributed by atoms with Crippen molar-refractivity contribution in [2.45, 2.75) is 27.7 Å². The van der Waals surface area contributed by atoms with E-state index in [4.69, 9.17) is 5.73 Å². The average molecular weight is 227 g/mol. The highest BCUT2D eigenvalue weighted by molar-refractivity contribution is 5.71. The second-order valence-corrected chi connectivity index (χ2v) is 4.46. The van der Waals surface area contributed by atoms with Crippen molar-refractivity contribution in [3.63, 3.8) is 0 Å². The van der Waals surface area contributed by atoms with Crippen LogP contribution in [0.15, 0.2) is 18.5 Å². The maximum absolute atomic E-state index is 5.72. The van der Waals surface area contributed by atoms with Crippen LogP contribution in [0.25, 0.3) is 11.3 Å². The fourth-order valence-corrected chi connectivity index (χ4v) is 2.11. The van der Waals surface area contributed by atoms with Gasteiger partial charge in [0.1, 0.15) is 12.1 Å². The number of rotatable bonds is 1. The lowest BCUT2D eigenvalue weighted by Gasteiger charge is -2.14. The zero-order valence-electron chi connectivity index (χ0n) is 10.7. The Kier molecular flexibility index (Phi) is 2.84. The van der Waals surface area contributed by atoms with Crippen LogP contribution in [0.4, 0.5) is 5.82 Å². The molecule has 0 amide bonds. The maximum atomic E-state index is 5.72. The van der Waals surface area contributed by atoms with Gasteiger partial charge in [0.05, 0.1) is 5.69 Å². The molecule has 0 saturated heterocycles. The third-order valence-corrected chi connectivity index (χ3v) is 3.31. The van der Waals surface area contributed by atoms with Crippen LogP contribution in [0.5, 0.6) is 0 Å². The van der Waals surface area contributed by atoms with Gasteiger partial charge in [-0.15, -0.1) is 0 Å². The second kappa shape index (κ2) is 4.17. The van der Waals surface area contributed by atoms with Crippen LogP contribution in [0, 0.1) is 27.7 Å². The molecule has 2 N–H and O–H groups in total. The molecule has 0 fully saturated rings. The van der Waals surface area contributed by atoms with Crippen LogP contribution in [0.2, 0.25) is 0 Å². The van der Waals surface area contributed by atoms with Crippen molar-refractivity contribution < 1.29 is 0 Å². The molecule has 0 saturated carbocycles. The summed E-state index contributed by atoms with van der Waals surface area (Å²) in [5.74, 6) is 0.507. The van der Waals surface area contributed by atoms with Gasteiger partial charge in [0.15, 0.2) is 0 Å². The number of nitrogens with two attached hydrogens (primary N) is 1. The molecule has 0 aliphatic carbocycles. The summed E-state index contributed by atoms with van der Waals surface area (Å²) in [6.07, 6.45) is 1.52. The Morgan fingerprint density at radius 1 is 0.882 bits per heavy atom. The summed E-state index contributed by atoms with van der Waals surface area (Å²) in [5.41, 5.74) is 12.9. The molecule has 3 heteroatoms. The number of nitrogens with zero attached hydrogens (tertiary/aromatic N) is 2. The minimum atomic E-state index is 0.507. The second-order valence-electron chi connectivity index (χ2n) is 4.46. The zero-order valence-corrected chi connectivity index (χ0v) is 10.7. The van der Waals surface area contributed by atoms with E-state index in [9.17, 15) is 0 Å². The minimum absolute atomic E-state index is 0.507. The molecule has 2 aromatic rings. The Labute approximate surface area is 102 Å². The molecule has 0 spiro atoms. The molecule has 0 aliphatic heterocycles. The lowest BCUT2D eigenvalue weighted by Crippen LogP contribution is -1.99. The highest BCUT2D eigenvalue weighted by atomic mass is 14.9. The molecule has 0 radical (unpaired) electrons. The third kappa shape index (κ3) is 2.00. The fraction of sp³-hybridized carbons (Fsp3) is 0.286. The monoisotopic (exact) mass is 227 g/mol. The third-order valence-electron chi connectivity index (χ3n) is 3.31. The highest BCUT2D eigenvalue weighted by Crippen LogP contribution is 2.30. The van der Waals surface area contributed by atoms with Crippen LogP contribution >= 0.6 is 0 Å². The number of nitrogen functional groups attached to an aromatic ring is 1. The summed E-state index contributed by atoms with van der Waals surface area (Å²) < 4.78 is 0. The van der Waals surface area contributed by atoms with Crippen LogP contribution in [0.1, 0.15) is 22.3 Å². The predicted molar refractivity (Wildman–Crippen MR) is 70.8 cm³/mol. The summed E-state index contributed by atoms with van der Waals surface area (Å²) in [6.45, 7) is 8.48. The molecule has 0 bridgehead atoms. The Hall–Kier alpha value is -1.90. The normalized spacial score (nSPS) is 10.6. The SMILES string of the molecule is Cc1cc(C)c(C)c(-c2cc(N)ncn2)c1C.